The third-order valence-corrected chi connectivity index (χ3v) is 4.44. The fourth-order valence-electron chi connectivity index (χ4n) is 2.84. The van der Waals surface area contributed by atoms with E-state index in [0.29, 0.717) is 17.7 Å². The van der Waals surface area contributed by atoms with Crippen LogP contribution in [0.5, 0.6) is 5.75 Å². The summed E-state index contributed by atoms with van der Waals surface area (Å²) in [5.74, 6) is -0.464. The maximum atomic E-state index is 12.9. The number of anilines is 1. The molecular formula is C23H22N2O3. The third-order valence-electron chi connectivity index (χ3n) is 4.44. The average Bonchev–Trinajstić information content (AvgIpc) is 2.71. The zero-order valence-corrected chi connectivity index (χ0v) is 15.6. The van der Waals surface area contributed by atoms with E-state index in [9.17, 15) is 14.7 Å². The Hall–Kier alpha value is -3.60. The van der Waals surface area contributed by atoms with Gasteiger partial charge >= 0.3 is 0 Å². The van der Waals surface area contributed by atoms with Crippen molar-refractivity contribution in [3.8, 4) is 5.75 Å². The fraction of sp³-hybridized carbons (Fsp3) is 0.130. The Kier molecular flexibility index (Phi) is 6.07. The van der Waals surface area contributed by atoms with Crippen molar-refractivity contribution in [2.75, 3.05) is 5.32 Å². The molecule has 0 fully saturated rings. The lowest BCUT2D eigenvalue weighted by atomic mass is 10.0. The molecule has 3 aromatic rings. The molecule has 0 saturated heterocycles. The van der Waals surface area contributed by atoms with Gasteiger partial charge in [-0.05, 0) is 48.4 Å². The van der Waals surface area contributed by atoms with Crippen molar-refractivity contribution in [2.45, 2.75) is 19.4 Å². The largest absolute Gasteiger partial charge is 0.508 e. The lowest BCUT2D eigenvalue weighted by molar-refractivity contribution is -0.118. The SMILES string of the molecule is Cc1ccccc1NC(=O)C(Cc1ccc(O)cc1)NC(=O)c1ccccc1. The molecule has 1 atom stereocenters. The molecule has 0 radical (unpaired) electrons. The van der Waals surface area contributed by atoms with Crippen LogP contribution in [0, 0.1) is 6.92 Å². The number of aromatic hydroxyl groups is 1. The van der Waals surface area contributed by atoms with E-state index in [1.165, 1.54) is 0 Å². The minimum Gasteiger partial charge on any atom is -0.508 e. The Morgan fingerprint density at radius 1 is 0.893 bits per heavy atom. The lowest BCUT2D eigenvalue weighted by Gasteiger charge is -2.19. The van der Waals surface area contributed by atoms with Gasteiger partial charge in [-0.2, -0.15) is 0 Å². The second-order valence-electron chi connectivity index (χ2n) is 6.57. The Morgan fingerprint density at radius 3 is 2.21 bits per heavy atom. The van der Waals surface area contributed by atoms with Crippen molar-refractivity contribution in [3.05, 3.63) is 95.6 Å². The van der Waals surface area contributed by atoms with Crippen LogP contribution in [0.4, 0.5) is 5.69 Å². The van der Waals surface area contributed by atoms with Gasteiger partial charge < -0.3 is 15.7 Å². The smallest absolute Gasteiger partial charge is 0.251 e. The van der Waals surface area contributed by atoms with Gasteiger partial charge in [0.25, 0.3) is 5.91 Å². The highest BCUT2D eigenvalue weighted by Gasteiger charge is 2.22. The lowest BCUT2D eigenvalue weighted by Crippen LogP contribution is -2.45. The van der Waals surface area contributed by atoms with Crippen molar-refractivity contribution >= 4 is 17.5 Å². The van der Waals surface area contributed by atoms with Gasteiger partial charge in [0.05, 0.1) is 0 Å². The molecular weight excluding hydrogens is 352 g/mol. The summed E-state index contributed by atoms with van der Waals surface area (Å²) in [5, 5.41) is 15.2. The summed E-state index contributed by atoms with van der Waals surface area (Å²) in [5.41, 5.74) is 2.96. The van der Waals surface area contributed by atoms with Gasteiger partial charge in [-0.1, -0.05) is 48.5 Å². The second kappa shape index (κ2) is 8.86. The molecule has 1 unspecified atom stereocenters. The number of nitrogens with one attached hydrogen (secondary N) is 2. The zero-order valence-electron chi connectivity index (χ0n) is 15.6. The average molecular weight is 374 g/mol. The number of carbonyl (C=O) groups excluding carboxylic acids is 2. The molecule has 0 bridgehead atoms. The van der Waals surface area contributed by atoms with Crippen LogP contribution in [0.3, 0.4) is 0 Å². The van der Waals surface area contributed by atoms with Crippen LogP contribution in [0.15, 0.2) is 78.9 Å². The summed E-state index contributed by atoms with van der Waals surface area (Å²) >= 11 is 0. The predicted octanol–water partition coefficient (Wildman–Crippen LogP) is 3.68. The van der Waals surface area contributed by atoms with Crippen molar-refractivity contribution in [1.82, 2.24) is 5.32 Å². The van der Waals surface area contributed by atoms with E-state index in [2.05, 4.69) is 10.6 Å². The van der Waals surface area contributed by atoms with Crippen LogP contribution in [0.2, 0.25) is 0 Å². The Bertz CT molecular complexity index is 953. The third kappa shape index (κ3) is 4.98. The first-order valence-electron chi connectivity index (χ1n) is 9.03. The topological polar surface area (TPSA) is 78.4 Å². The summed E-state index contributed by atoms with van der Waals surface area (Å²) in [7, 11) is 0. The fourth-order valence-corrected chi connectivity index (χ4v) is 2.84. The Labute approximate surface area is 164 Å². The van der Waals surface area contributed by atoms with Gasteiger partial charge in [0, 0.05) is 17.7 Å². The molecule has 0 aromatic heterocycles. The molecule has 2 amide bonds. The van der Waals surface area contributed by atoms with Gasteiger partial charge in [-0.3, -0.25) is 9.59 Å². The number of para-hydroxylation sites is 1. The van der Waals surface area contributed by atoms with E-state index in [1.54, 1.807) is 48.5 Å². The van der Waals surface area contributed by atoms with Gasteiger partial charge in [-0.15, -0.1) is 0 Å². The van der Waals surface area contributed by atoms with Gasteiger partial charge in [0.15, 0.2) is 0 Å². The quantitative estimate of drug-likeness (QED) is 0.616. The first kappa shape index (κ1) is 19.2. The first-order valence-corrected chi connectivity index (χ1v) is 9.03. The summed E-state index contributed by atoms with van der Waals surface area (Å²) < 4.78 is 0. The van der Waals surface area contributed by atoms with Crippen molar-refractivity contribution < 1.29 is 14.7 Å². The molecule has 3 rings (SSSR count). The van der Waals surface area contributed by atoms with Crippen molar-refractivity contribution in [3.63, 3.8) is 0 Å². The highest BCUT2D eigenvalue weighted by molar-refractivity contribution is 6.01. The maximum absolute atomic E-state index is 12.9. The standard InChI is InChI=1S/C23H22N2O3/c1-16-7-5-6-10-20(16)24-23(28)21(15-17-11-13-19(26)14-12-17)25-22(27)18-8-3-2-4-9-18/h2-14,21,26H,15H2,1H3,(H,24,28)(H,25,27). The molecule has 5 heteroatoms. The second-order valence-corrected chi connectivity index (χ2v) is 6.57. The van der Waals surface area contributed by atoms with Crippen molar-refractivity contribution in [2.24, 2.45) is 0 Å². The Morgan fingerprint density at radius 2 is 1.54 bits per heavy atom. The molecule has 142 valence electrons. The minimum atomic E-state index is -0.767. The normalized spacial score (nSPS) is 11.5. The molecule has 0 aliphatic carbocycles. The zero-order chi connectivity index (χ0) is 19.9. The van der Waals surface area contributed by atoms with Crippen LogP contribution < -0.4 is 10.6 Å². The number of carbonyl (C=O) groups is 2. The van der Waals surface area contributed by atoms with E-state index < -0.39 is 6.04 Å². The van der Waals surface area contributed by atoms with Crippen LogP contribution in [-0.2, 0) is 11.2 Å². The van der Waals surface area contributed by atoms with Crippen LogP contribution in [0.25, 0.3) is 0 Å². The molecule has 0 aliphatic rings. The summed E-state index contributed by atoms with van der Waals surface area (Å²) in [6.07, 6.45) is 0.302. The van der Waals surface area contributed by atoms with Gasteiger partial charge in [0.1, 0.15) is 11.8 Å². The van der Waals surface area contributed by atoms with Gasteiger partial charge in [0.2, 0.25) is 5.91 Å². The molecule has 0 aliphatic heterocycles. The number of amides is 2. The number of hydrogen-bond donors (Lipinski definition) is 3. The van der Waals surface area contributed by atoms with E-state index in [0.717, 1.165) is 11.1 Å². The first-order chi connectivity index (χ1) is 13.5. The monoisotopic (exact) mass is 374 g/mol. The number of hydrogen-bond acceptors (Lipinski definition) is 3. The number of phenolic OH excluding ortho intramolecular Hbond substituents is 1. The number of rotatable bonds is 6. The van der Waals surface area contributed by atoms with E-state index >= 15 is 0 Å². The highest BCUT2D eigenvalue weighted by atomic mass is 16.3. The number of phenols is 1. The van der Waals surface area contributed by atoms with E-state index in [1.807, 2.05) is 37.3 Å². The summed E-state index contributed by atoms with van der Waals surface area (Å²) in [6, 6.07) is 22.1. The maximum Gasteiger partial charge on any atom is 0.251 e. The van der Waals surface area contributed by atoms with Crippen LogP contribution >= 0.6 is 0 Å². The summed E-state index contributed by atoms with van der Waals surface area (Å²) in [4.78, 5) is 25.5. The van der Waals surface area contributed by atoms with Crippen LogP contribution in [0.1, 0.15) is 21.5 Å². The predicted molar refractivity (Wildman–Crippen MR) is 109 cm³/mol. The molecule has 28 heavy (non-hydrogen) atoms. The molecule has 3 N–H and O–H groups in total. The molecule has 5 nitrogen and oxygen atoms in total. The van der Waals surface area contributed by atoms with Crippen molar-refractivity contribution in [1.29, 1.82) is 0 Å². The Balaban J connectivity index is 1.80. The minimum absolute atomic E-state index is 0.151. The number of benzene rings is 3. The molecule has 3 aromatic carbocycles. The highest BCUT2D eigenvalue weighted by Crippen LogP contribution is 2.16. The summed E-state index contributed by atoms with van der Waals surface area (Å²) in [6.45, 7) is 1.91. The van der Waals surface area contributed by atoms with E-state index in [4.69, 9.17) is 0 Å². The van der Waals surface area contributed by atoms with E-state index in [-0.39, 0.29) is 17.6 Å². The van der Waals surface area contributed by atoms with Gasteiger partial charge in [-0.25, -0.2) is 0 Å². The number of aryl methyl sites for hydroxylation is 1. The molecule has 0 spiro atoms. The van der Waals surface area contributed by atoms with Crippen LogP contribution in [-0.4, -0.2) is 23.0 Å². The molecule has 0 saturated carbocycles. The molecule has 0 heterocycles.